The van der Waals surface area contributed by atoms with Gasteiger partial charge in [0, 0.05) is 20.3 Å². The molecule has 0 aliphatic heterocycles. The normalized spacial score (nSPS) is 10.9. The van der Waals surface area contributed by atoms with Gasteiger partial charge in [0.05, 0.1) is 33.8 Å². The lowest BCUT2D eigenvalue weighted by Gasteiger charge is -2.05. The molecule has 0 aliphatic carbocycles. The molecule has 2 rings (SSSR count). The maximum Gasteiger partial charge on any atom is 0.0825 e. The second-order valence-corrected chi connectivity index (χ2v) is 5.13. The van der Waals surface area contributed by atoms with E-state index in [1.54, 1.807) is 0 Å². The van der Waals surface area contributed by atoms with Crippen molar-refractivity contribution in [3.63, 3.8) is 0 Å². The second kappa shape index (κ2) is 5.14. The molecule has 0 saturated heterocycles. The van der Waals surface area contributed by atoms with Crippen LogP contribution in [0.4, 0.5) is 5.69 Å². The van der Waals surface area contributed by atoms with E-state index in [0.717, 1.165) is 40.2 Å². The summed E-state index contributed by atoms with van der Waals surface area (Å²) in [5.74, 6) is 0. The maximum atomic E-state index is 4.48. The first kappa shape index (κ1) is 13.1. The molecule has 18 heavy (non-hydrogen) atoms. The predicted octanol–water partition coefficient (Wildman–Crippen LogP) is 2.40. The standard InChI is InChI=1S/C12H18BrN5/c1-5-9-12(13)11(18(4)16-9)6-14-10-7-17(3)15-8(10)2/h7,14H,5-6H2,1-4H3. The van der Waals surface area contributed by atoms with Crippen LogP contribution in [0.25, 0.3) is 0 Å². The van der Waals surface area contributed by atoms with Crippen LogP contribution in [-0.4, -0.2) is 19.6 Å². The molecule has 0 aromatic carbocycles. The highest BCUT2D eigenvalue weighted by atomic mass is 79.9. The average Bonchev–Trinajstić information content (AvgIpc) is 2.77. The average molecular weight is 312 g/mol. The molecule has 0 spiro atoms. The number of halogens is 1. The number of rotatable bonds is 4. The highest BCUT2D eigenvalue weighted by Crippen LogP contribution is 2.23. The third-order valence-electron chi connectivity index (χ3n) is 2.96. The van der Waals surface area contributed by atoms with Gasteiger partial charge in [-0.15, -0.1) is 0 Å². The number of aromatic nitrogens is 4. The molecule has 5 nitrogen and oxygen atoms in total. The summed E-state index contributed by atoms with van der Waals surface area (Å²) in [6.45, 7) is 4.84. The number of hydrogen-bond donors (Lipinski definition) is 1. The van der Waals surface area contributed by atoms with Crippen molar-refractivity contribution in [1.29, 1.82) is 0 Å². The Morgan fingerprint density at radius 1 is 1.33 bits per heavy atom. The summed E-state index contributed by atoms with van der Waals surface area (Å²) < 4.78 is 4.83. The van der Waals surface area contributed by atoms with Crippen molar-refractivity contribution >= 4 is 21.6 Å². The molecular weight excluding hydrogens is 294 g/mol. The van der Waals surface area contributed by atoms with Crippen LogP contribution in [0.3, 0.4) is 0 Å². The molecule has 2 aromatic heterocycles. The van der Waals surface area contributed by atoms with Crippen LogP contribution in [0.5, 0.6) is 0 Å². The van der Waals surface area contributed by atoms with Crippen LogP contribution in [-0.2, 0) is 27.1 Å². The van der Waals surface area contributed by atoms with Crippen LogP contribution in [0, 0.1) is 6.92 Å². The Bertz CT molecular complexity index is 555. The van der Waals surface area contributed by atoms with E-state index in [4.69, 9.17) is 0 Å². The molecule has 0 radical (unpaired) electrons. The first-order chi connectivity index (χ1) is 8.52. The summed E-state index contributed by atoms with van der Waals surface area (Å²) >= 11 is 3.62. The lowest BCUT2D eigenvalue weighted by molar-refractivity contribution is 0.706. The van der Waals surface area contributed by atoms with Crippen molar-refractivity contribution in [3.8, 4) is 0 Å². The first-order valence-electron chi connectivity index (χ1n) is 5.97. The largest absolute Gasteiger partial charge is 0.377 e. The minimum Gasteiger partial charge on any atom is -0.377 e. The van der Waals surface area contributed by atoms with Gasteiger partial charge in [-0.05, 0) is 29.3 Å². The number of hydrogen-bond acceptors (Lipinski definition) is 3. The third-order valence-corrected chi connectivity index (χ3v) is 3.88. The van der Waals surface area contributed by atoms with E-state index in [2.05, 4.69) is 38.4 Å². The fraction of sp³-hybridized carbons (Fsp3) is 0.500. The van der Waals surface area contributed by atoms with Crippen molar-refractivity contribution in [2.24, 2.45) is 14.1 Å². The van der Waals surface area contributed by atoms with Gasteiger partial charge >= 0.3 is 0 Å². The molecule has 0 unspecified atom stereocenters. The van der Waals surface area contributed by atoms with E-state index in [1.165, 1.54) is 0 Å². The summed E-state index contributed by atoms with van der Waals surface area (Å²) in [5, 5.41) is 12.2. The third kappa shape index (κ3) is 2.43. The first-order valence-corrected chi connectivity index (χ1v) is 6.76. The Labute approximate surface area is 115 Å². The van der Waals surface area contributed by atoms with Crippen LogP contribution in [0.1, 0.15) is 24.0 Å². The predicted molar refractivity (Wildman–Crippen MR) is 75.6 cm³/mol. The minimum atomic E-state index is 0.733. The van der Waals surface area contributed by atoms with Gasteiger partial charge in [-0.25, -0.2) is 0 Å². The summed E-state index contributed by atoms with van der Waals surface area (Å²) in [5.41, 5.74) is 4.31. The zero-order valence-electron chi connectivity index (χ0n) is 11.2. The Kier molecular flexibility index (Phi) is 3.75. The molecule has 0 fully saturated rings. The van der Waals surface area contributed by atoms with Gasteiger partial charge < -0.3 is 5.32 Å². The molecule has 2 heterocycles. The van der Waals surface area contributed by atoms with Crippen LogP contribution < -0.4 is 5.32 Å². The molecule has 0 saturated carbocycles. The summed E-state index contributed by atoms with van der Waals surface area (Å²) in [6, 6.07) is 0. The van der Waals surface area contributed by atoms with Crippen molar-refractivity contribution in [3.05, 3.63) is 27.8 Å². The maximum absolute atomic E-state index is 4.48. The smallest absolute Gasteiger partial charge is 0.0825 e. The lowest BCUT2D eigenvalue weighted by atomic mass is 10.3. The fourth-order valence-corrected chi connectivity index (χ4v) is 2.72. The van der Waals surface area contributed by atoms with Gasteiger partial charge in [0.15, 0.2) is 0 Å². The quantitative estimate of drug-likeness (QED) is 0.943. The summed E-state index contributed by atoms with van der Waals surface area (Å²) in [6.07, 6.45) is 2.92. The van der Waals surface area contributed by atoms with Gasteiger partial charge in [0.2, 0.25) is 0 Å². The van der Waals surface area contributed by atoms with E-state index in [0.29, 0.717) is 0 Å². The molecule has 2 aromatic rings. The number of anilines is 1. The molecule has 1 N–H and O–H groups in total. The van der Waals surface area contributed by atoms with Gasteiger partial charge in [-0.3, -0.25) is 9.36 Å². The minimum absolute atomic E-state index is 0.733. The van der Waals surface area contributed by atoms with Crippen LogP contribution in [0.2, 0.25) is 0 Å². The van der Waals surface area contributed by atoms with Crippen molar-refractivity contribution in [2.75, 3.05) is 5.32 Å². The Morgan fingerprint density at radius 3 is 2.56 bits per heavy atom. The van der Waals surface area contributed by atoms with Gasteiger partial charge in [-0.2, -0.15) is 10.2 Å². The second-order valence-electron chi connectivity index (χ2n) is 4.34. The summed E-state index contributed by atoms with van der Waals surface area (Å²) in [4.78, 5) is 0. The molecular formula is C12H18BrN5. The Morgan fingerprint density at radius 2 is 2.06 bits per heavy atom. The topological polar surface area (TPSA) is 47.7 Å². The van der Waals surface area contributed by atoms with E-state index in [9.17, 15) is 0 Å². The van der Waals surface area contributed by atoms with Crippen molar-refractivity contribution in [1.82, 2.24) is 19.6 Å². The number of aryl methyl sites for hydroxylation is 4. The van der Waals surface area contributed by atoms with Crippen molar-refractivity contribution < 1.29 is 0 Å². The van der Waals surface area contributed by atoms with E-state index in [1.807, 2.05) is 36.6 Å². The molecule has 0 atom stereocenters. The van der Waals surface area contributed by atoms with E-state index >= 15 is 0 Å². The highest BCUT2D eigenvalue weighted by molar-refractivity contribution is 9.10. The Balaban J connectivity index is 2.15. The molecule has 0 amide bonds. The van der Waals surface area contributed by atoms with Gasteiger partial charge in [-0.1, -0.05) is 6.92 Å². The van der Waals surface area contributed by atoms with Crippen molar-refractivity contribution in [2.45, 2.75) is 26.8 Å². The Hall–Kier alpha value is -1.30. The molecule has 98 valence electrons. The van der Waals surface area contributed by atoms with E-state index < -0.39 is 0 Å². The lowest BCUT2D eigenvalue weighted by Crippen LogP contribution is -2.06. The molecule has 0 aliphatic rings. The van der Waals surface area contributed by atoms with Gasteiger partial charge in [0.1, 0.15) is 0 Å². The van der Waals surface area contributed by atoms with E-state index in [-0.39, 0.29) is 0 Å². The number of nitrogens with zero attached hydrogens (tertiary/aromatic N) is 4. The zero-order valence-corrected chi connectivity index (χ0v) is 12.7. The highest BCUT2D eigenvalue weighted by Gasteiger charge is 2.12. The fourth-order valence-electron chi connectivity index (χ4n) is 1.96. The van der Waals surface area contributed by atoms with Crippen LogP contribution >= 0.6 is 15.9 Å². The monoisotopic (exact) mass is 311 g/mol. The SMILES string of the molecule is CCc1nn(C)c(CNc2cn(C)nc2C)c1Br. The molecule has 0 bridgehead atoms. The number of nitrogens with one attached hydrogen (secondary N) is 1. The summed E-state index contributed by atoms with van der Waals surface area (Å²) in [7, 11) is 3.89. The molecule has 6 heteroatoms. The zero-order chi connectivity index (χ0) is 13.3. The van der Waals surface area contributed by atoms with Crippen LogP contribution in [0.15, 0.2) is 10.7 Å². The van der Waals surface area contributed by atoms with Gasteiger partial charge in [0.25, 0.3) is 0 Å².